The number of aryl methyl sites for hydroxylation is 1. The summed E-state index contributed by atoms with van der Waals surface area (Å²) in [6.07, 6.45) is 1.51. The van der Waals surface area contributed by atoms with Crippen molar-refractivity contribution in [3.05, 3.63) is 36.2 Å². The minimum absolute atomic E-state index is 0.482. The Hall–Kier alpha value is -1.97. The Morgan fingerprint density at radius 3 is 2.71 bits per heavy atom. The Labute approximate surface area is 82.1 Å². The molecule has 0 amide bonds. The maximum atomic E-state index is 5.76. The Kier molecular flexibility index (Phi) is 1.89. The Morgan fingerprint density at radius 1 is 1.36 bits per heavy atom. The number of imidazole rings is 1. The number of aromatic nitrogens is 2. The highest BCUT2D eigenvalue weighted by Crippen LogP contribution is 2.23. The van der Waals surface area contributed by atoms with Crippen LogP contribution in [0.15, 0.2) is 30.6 Å². The van der Waals surface area contributed by atoms with Crippen molar-refractivity contribution in [2.45, 2.75) is 6.92 Å². The van der Waals surface area contributed by atoms with Gasteiger partial charge in [-0.2, -0.15) is 0 Å². The number of nitrogens with two attached hydrogens (primary N) is 2. The summed E-state index contributed by atoms with van der Waals surface area (Å²) in [5.41, 5.74) is 8.66. The zero-order chi connectivity index (χ0) is 10.1. The molecule has 0 fully saturated rings. The van der Waals surface area contributed by atoms with Gasteiger partial charge in [-0.25, -0.2) is 9.66 Å². The van der Waals surface area contributed by atoms with E-state index < -0.39 is 0 Å². The van der Waals surface area contributed by atoms with E-state index in [2.05, 4.69) is 4.98 Å². The Bertz CT molecular complexity index is 459. The molecule has 1 aromatic heterocycles. The van der Waals surface area contributed by atoms with Crippen LogP contribution in [0.4, 0.5) is 5.82 Å². The average Bonchev–Trinajstić information content (AvgIpc) is 2.48. The molecule has 0 radical (unpaired) electrons. The number of rotatable bonds is 1. The molecule has 0 bridgehead atoms. The van der Waals surface area contributed by atoms with Crippen molar-refractivity contribution in [1.82, 2.24) is 9.66 Å². The first-order valence-corrected chi connectivity index (χ1v) is 4.33. The van der Waals surface area contributed by atoms with Crippen molar-refractivity contribution in [3.63, 3.8) is 0 Å². The fraction of sp³-hybridized carbons (Fsp3) is 0.100. The fourth-order valence-corrected chi connectivity index (χ4v) is 1.39. The molecular weight excluding hydrogens is 176 g/mol. The van der Waals surface area contributed by atoms with Crippen LogP contribution in [0.5, 0.6) is 0 Å². The van der Waals surface area contributed by atoms with E-state index in [1.54, 1.807) is 0 Å². The number of anilines is 1. The van der Waals surface area contributed by atoms with Gasteiger partial charge in [0.15, 0.2) is 0 Å². The molecule has 0 aliphatic heterocycles. The molecule has 1 heterocycles. The van der Waals surface area contributed by atoms with Crippen LogP contribution in [-0.2, 0) is 0 Å². The first-order valence-electron chi connectivity index (χ1n) is 4.33. The van der Waals surface area contributed by atoms with Gasteiger partial charge in [-0.3, -0.25) is 0 Å². The molecule has 0 spiro atoms. The van der Waals surface area contributed by atoms with E-state index in [0.717, 1.165) is 11.3 Å². The zero-order valence-corrected chi connectivity index (χ0v) is 7.94. The maximum Gasteiger partial charge on any atom is 0.150 e. The van der Waals surface area contributed by atoms with Gasteiger partial charge in [-0.15, -0.1) is 0 Å². The molecule has 0 aliphatic rings. The minimum Gasteiger partial charge on any atom is -0.382 e. The quantitative estimate of drug-likeness (QED) is 0.659. The van der Waals surface area contributed by atoms with Gasteiger partial charge in [0, 0.05) is 5.56 Å². The Morgan fingerprint density at radius 2 is 2.14 bits per heavy atom. The van der Waals surface area contributed by atoms with Gasteiger partial charge in [0.1, 0.15) is 17.8 Å². The third-order valence-electron chi connectivity index (χ3n) is 2.12. The van der Waals surface area contributed by atoms with Crippen LogP contribution in [0.3, 0.4) is 0 Å². The summed E-state index contributed by atoms with van der Waals surface area (Å²) >= 11 is 0. The van der Waals surface area contributed by atoms with Gasteiger partial charge >= 0.3 is 0 Å². The van der Waals surface area contributed by atoms with Gasteiger partial charge in [0.05, 0.1) is 0 Å². The lowest BCUT2D eigenvalue weighted by molar-refractivity contribution is 1.01. The molecule has 2 rings (SSSR count). The highest BCUT2D eigenvalue weighted by Gasteiger charge is 2.07. The number of nitrogen functional groups attached to an aromatic ring is 2. The van der Waals surface area contributed by atoms with Gasteiger partial charge in [-0.05, 0) is 13.0 Å². The van der Waals surface area contributed by atoms with E-state index in [4.69, 9.17) is 11.6 Å². The van der Waals surface area contributed by atoms with Crippen LogP contribution in [0.2, 0.25) is 0 Å². The lowest BCUT2D eigenvalue weighted by Crippen LogP contribution is -2.09. The van der Waals surface area contributed by atoms with E-state index in [9.17, 15) is 0 Å². The summed E-state index contributed by atoms with van der Waals surface area (Å²) < 4.78 is 1.32. The van der Waals surface area contributed by atoms with E-state index in [1.165, 1.54) is 16.6 Å². The monoisotopic (exact) mass is 188 g/mol. The highest BCUT2D eigenvalue weighted by atomic mass is 15.3. The topological polar surface area (TPSA) is 69.9 Å². The molecule has 0 aliphatic carbocycles. The second kappa shape index (κ2) is 3.06. The van der Waals surface area contributed by atoms with Crippen molar-refractivity contribution in [2.24, 2.45) is 0 Å². The smallest absolute Gasteiger partial charge is 0.150 e. The van der Waals surface area contributed by atoms with Crippen molar-refractivity contribution in [2.75, 3.05) is 11.6 Å². The van der Waals surface area contributed by atoms with Gasteiger partial charge in [0.2, 0.25) is 0 Å². The van der Waals surface area contributed by atoms with Crippen LogP contribution >= 0.6 is 0 Å². The summed E-state index contributed by atoms with van der Waals surface area (Å²) in [7, 11) is 0. The van der Waals surface area contributed by atoms with Crippen LogP contribution in [0.1, 0.15) is 5.56 Å². The van der Waals surface area contributed by atoms with Crippen molar-refractivity contribution < 1.29 is 0 Å². The molecule has 4 heteroatoms. The number of hydrogen-bond donors (Lipinski definition) is 2. The van der Waals surface area contributed by atoms with E-state index >= 15 is 0 Å². The van der Waals surface area contributed by atoms with Crippen molar-refractivity contribution in [3.8, 4) is 11.3 Å². The third kappa shape index (κ3) is 1.31. The molecule has 2 aromatic rings. The molecule has 0 saturated carbocycles. The first-order chi connectivity index (χ1) is 6.68. The summed E-state index contributed by atoms with van der Waals surface area (Å²) in [6, 6.07) is 7.99. The average molecular weight is 188 g/mol. The summed E-state index contributed by atoms with van der Waals surface area (Å²) in [5, 5.41) is 0. The normalized spacial score (nSPS) is 10.4. The van der Waals surface area contributed by atoms with Crippen LogP contribution < -0.4 is 11.6 Å². The van der Waals surface area contributed by atoms with E-state index in [0.29, 0.717) is 5.82 Å². The summed E-state index contributed by atoms with van der Waals surface area (Å²) in [4.78, 5) is 4.14. The second-order valence-corrected chi connectivity index (χ2v) is 3.26. The standard InChI is InChI=1S/C10H12N4/c1-7-3-2-4-8(5-7)9-10(11)14(12)6-13-9/h2-6H,11-12H2,1H3. The SMILES string of the molecule is Cc1cccc(-c2ncn(N)c2N)c1. The number of nitrogens with zero attached hydrogens (tertiary/aromatic N) is 2. The van der Waals surface area contributed by atoms with E-state index in [1.807, 2.05) is 31.2 Å². The molecule has 72 valence electrons. The van der Waals surface area contributed by atoms with Crippen LogP contribution in [-0.4, -0.2) is 9.66 Å². The van der Waals surface area contributed by atoms with Crippen molar-refractivity contribution >= 4 is 5.82 Å². The van der Waals surface area contributed by atoms with Crippen molar-refractivity contribution in [1.29, 1.82) is 0 Å². The number of benzene rings is 1. The molecular formula is C10H12N4. The predicted octanol–water partition coefficient (Wildman–Crippen LogP) is 1.15. The maximum absolute atomic E-state index is 5.76. The lowest BCUT2D eigenvalue weighted by Gasteiger charge is -2.00. The predicted molar refractivity (Wildman–Crippen MR) is 57.0 cm³/mol. The highest BCUT2D eigenvalue weighted by molar-refractivity contribution is 5.70. The Balaban J connectivity index is 2.55. The molecule has 0 saturated heterocycles. The molecule has 0 unspecified atom stereocenters. The van der Waals surface area contributed by atoms with Gasteiger partial charge in [0.25, 0.3) is 0 Å². The van der Waals surface area contributed by atoms with Gasteiger partial charge < -0.3 is 11.6 Å². The summed E-state index contributed by atoms with van der Waals surface area (Å²) in [5.74, 6) is 6.03. The third-order valence-corrected chi connectivity index (χ3v) is 2.12. The second-order valence-electron chi connectivity index (χ2n) is 3.26. The lowest BCUT2D eigenvalue weighted by atomic mass is 10.1. The first kappa shape index (κ1) is 8.62. The van der Waals surface area contributed by atoms with Gasteiger partial charge in [-0.1, -0.05) is 23.8 Å². The zero-order valence-electron chi connectivity index (χ0n) is 7.94. The molecule has 1 aromatic carbocycles. The fourth-order valence-electron chi connectivity index (χ4n) is 1.39. The molecule has 4 nitrogen and oxygen atoms in total. The molecule has 4 N–H and O–H groups in total. The summed E-state index contributed by atoms with van der Waals surface area (Å²) in [6.45, 7) is 2.03. The van der Waals surface area contributed by atoms with Crippen LogP contribution in [0.25, 0.3) is 11.3 Å². The van der Waals surface area contributed by atoms with Crippen LogP contribution in [0, 0.1) is 6.92 Å². The molecule has 0 atom stereocenters. The minimum atomic E-state index is 0.482. The number of hydrogen-bond acceptors (Lipinski definition) is 3. The van der Waals surface area contributed by atoms with E-state index in [-0.39, 0.29) is 0 Å². The molecule has 14 heavy (non-hydrogen) atoms. The largest absolute Gasteiger partial charge is 0.382 e.